The maximum absolute atomic E-state index is 12.1. The van der Waals surface area contributed by atoms with Gasteiger partial charge in [0.1, 0.15) is 5.82 Å². The first-order chi connectivity index (χ1) is 10.7. The van der Waals surface area contributed by atoms with Crippen LogP contribution in [0.25, 0.3) is 11.4 Å². The van der Waals surface area contributed by atoms with E-state index in [1.54, 1.807) is 0 Å². The van der Waals surface area contributed by atoms with Gasteiger partial charge in [0.2, 0.25) is 5.91 Å². The van der Waals surface area contributed by atoms with Gasteiger partial charge in [-0.15, -0.1) is 12.4 Å². The summed E-state index contributed by atoms with van der Waals surface area (Å²) in [4.78, 5) is 16.4. The molecule has 1 aliphatic rings. The van der Waals surface area contributed by atoms with Crippen LogP contribution < -0.4 is 10.6 Å². The summed E-state index contributed by atoms with van der Waals surface area (Å²) in [6.07, 6.45) is 0.393. The summed E-state index contributed by atoms with van der Waals surface area (Å²) in [6, 6.07) is 7.58. The van der Waals surface area contributed by atoms with Gasteiger partial charge in [0.25, 0.3) is 0 Å². The molecule has 7 nitrogen and oxygen atoms in total. The van der Waals surface area contributed by atoms with Gasteiger partial charge in [-0.1, -0.05) is 12.1 Å². The number of aromatic nitrogens is 3. The van der Waals surface area contributed by atoms with Gasteiger partial charge in [-0.05, 0) is 19.1 Å². The first-order valence-corrected chi connectivity index (χ1v) is 7.31. The average molecular weight is 338 g/mol. The number of nitrogens with zero attached hydrogens (tertiary/aromatic N) is 2. The van der Waals surface area contributed by atoms with E-state index in [-0.39, 0.29) is 24.4 Å². The first-order valence-electron chi connectivity index (χ1n) is 7.31. The molecule has 3 N–H and O–H groups in total. The van der Waals surface area contributed by atoms with Crippen molar-refractivity contribution in [3.63, 3.8) is 0 Å². The molecular formula is C15H20ClN5O2. The molecule has 1 atom stereocenters. The second-order valence-electron chi connectivity index (χ2n) is 5.30. The zero-order valence-corrected chi connectivity index (χ0v) is 13.7. The summed E-state index contributed by atoms with van der Waals surface area (Å²) in [6.45, 7) is 3.92. The number of aryl methyl sites for hydroxylation is 1. The molecule has 8 heteroatoms. The van der Waals surface area contributed by atoms with E-state index in [4.69, 9.17) is 4.74 Å². The van der Waals surface area contributed by atoms with Crippen molar-refractivity contribution in [3.8, 4) is 11.4 Å². The molecule has 1 aliphatic heterocycles. The Morgan fingerprint density at radius 3 is 3.04 bits per heavy atom. The Hall–Kier alpha value is -1.96. The molecule has 2 aromatic rings. The van der Waals surface area contributed by atoms with Gasteiger partial charge < -0.3 is 15.4 Å². The Bertz CT molecular complexity index is 655. The van der Waals surface area contributed by atoms with Gasteiger partial charge >= 0.3 is 0 Å². The van der Waals surface area contributed by atoms with E-state index in [1.807, 2.05) is 31.2 Å². The van der Waals surface area contributed by atoms with E-state index in [2.05, 4.69) is 25.8 Å². The van der Waals surface area contributed by atoms with Crippen molar-refractivity contribution in [1.82, 2.24) is 20.5 Å². The van der Waals surface area contributed by atoms with Crippen LogP contribution in [-0.4, -0.2) is 46.9 Å². The van der Waals surface area contributed by atoms with Gasteiger partial charge in [-0.25, -0.2) is 4.98 Å². The third kappa shape index (κ3) is 4.75. The number of halogens is 1. The Labute approximate surface area is 140 Å². The lowest BCUT2D eigenvalue weighted by Gasteiger charge is -2.23. The Morgan fingerprint density at radius 2 is 2.35 bits per heavy atom. The molecule has 3 rings (SSSR count). The van der Waals surface area contributed by atoms with E-state index >= 15 is 0 Å². The van der Waals surface area contributed by atoms with Crippen molar-refractivity contribution in [3.05, 3.63) is 30.1 Å². The number of benzene rings is 1. The number of nitrogens with one attached hydrogen (secondary N) is 3. The zero-order chi connectivity index (χ0) is 15.4. The standard InChI is InChI=1S/C15H19N5O2.ClH/c1-10-17-15(20-19-10)11-3-2-4-12(7-11)18-14(21)8-13-9-22-6-5-16-13;/h2-4,7,13,16H,5-6,8-9H2,1H3,(H,18,21)(H,17,19,20);1H. The topological polar surface area (TPSA) is 91.9 Å². The molecule has 0 saturated carbocycles. The average Bonchev–Trinajstić information content (AvgIpc) is 2.95. The van der Waals surface area contributed by atoms with E-state index in [1.165, 1.54) is 0 Å². The molecule has 1 aromatic carbocycles. The van der Waals surface area contributed by atoms with Crippen LogP contribution in [-0.2, 0) is 9.53 Å². The fourth-order valence-electron chi connectivity index (χ4n) is 2.39. The number of anilines is 1. The number of carbonyl (C=O) groups is 1. The predicted molar refractivity (Wildman–Crippen MR) is 89.7 cm³/mol. The molecule has 0 bridgehead atoms. The van der Waals surface area contributed by atoms with Crippen LogP contribution in [0.5, 0.6) is 0 Å². The highest BCUT2D eigenvalue weighted by Gasteiger charge is 2.17. The van der Waals surface area contributed by atoms with E-state index in [9.17, 15) is 4.79 Å². The highest BCUT2D eigenvalue weighted by Crippen LogP contribution is 2.19. The van der Waals surface area contributed by atoms with Crippen molar-refractivity contribution in [2.24, 2.45) is 0 Å². The molecular weight excluding hydrogens is 318 g/mol. The van der Waals surface area contributed by atoms with Crippen molar-refractivity contribution in [1.29, 1.82) is 0 Å². The van der Waals surface area contributed by atoms with E-state index in [0.717, 1.165) is 23.6 Å². The summed E-state index contributed by atoms with van der Waals surface area (Å²) in [5.74, 6) is 1.34. The normalized spacial score (nSPS) is 17.3. The second kappa shape index (κ2) is 8.05. The fourth-order valence-corrected chi connectivity index (χ4v) is 2.39. The molecule has 1 saturated heterocycles. The number of rotatable bonds is 4. The number of hydrogen-bond donors (Lipinski definition) is 3. The lowest BCUT2D eigenvalue weighted by Crippen LogP contribution is -2.43. The molecule has 1 amide bonds. The van der Waals surface area contributed by atoms with Crippen molar-refractivity contribution >= 4 is 24.0 Å². The molecule has 0 radical (unpaired) electrons. The maximum Gasteiger partial charge on any atom is 0.226 e. The summed E-state index contributed by atoms with van der Waals surface area (Å²) in [5.41, 5.74) is 1.60. The van der Waals surface area contributed by atoms with E-state index < -0.39 is 0 Å². The van der Waals surface area contributed by atoms with Gasteiger partial charge in [0, 0.05) is 30.3 Å². The number of aromatic amines is 1. The monoisotopic (exact) mass is 337 g/mol. The predicted octanol–water partition coefficient (Wildman–Crippen LogP) is 1.52. The van der Waals surface area contributed by atoms with Crippen LogP contribution in [0.2, 0.25) is 0 Å². The fraction of sp³-hybridized carbons (Fsp3) is 0.400. The van der Waals surface area contributed by atoms with Crippen molar-refractivity contribution in [2.75, 3.05) is 25.1 Å². The number of hydrogen-bond acceptors (Lipinski definition) is 5. The van der Waals surface area contributed by atoms with Gasteiger partial charge in [-0.2, -0.15) is 5.10 Å². The lowest BCUT2D eigenvalue weighted by atomic mass is 10.1. The Kier molecular flexibility index (Phi) is 6.09. The smallest absolute Gasteiger partial charge is 0.226 e. The molecule has 1 unspecified atom stereocenters. The quantitative estimate of drug-likeness (QED) is 0.786. The number of H-pyrrole nitrogens is 1. The Balaban J connectivity index is 0.00000192. The number of carbonyl (C=O) groups excluding carboxylic acids is 1. The highest BCUT2D eigenvalue weighted by atomic mass is 35.5. The Morgan fingerprint density at radius 1 is 1.48 bits per heavy atom. The van der Waals surface area contributed by atoms with Crippen molar-refractivity contribution in [2.45, 2.75) is 19.4 Å². The summed E-state index contributed by atoms with van der Waals surface area (Å²) in [5, 5.41) is 13.1. The molecule has 23 heavy (non-hydrogen) atoms. The summed E-state index contributed by atoms with van der Waals surface area (Å²) < 4.78 is 5.35. The SMILES string of the molecule is Cc1nc(-c2cccc(NC(=O)CC3COCCN3)c2)n[nH]1.Cl. The number of amides is 1. The third-order valence-corrected chi connectivity index (χ3v) is 3.43. The molecule has 0 aliphatic carbocycles. The largest absolute Gasteiger partial charge is 0.378 e. The van der Waals surface area contributed by atoms with Crippen LogP contribution in [0.3, 0.4) is 0 Å². The van der Waals surface area contributed by atoms with Crippen molar-refractivity contribution < 1.29 is 9.53 Å². The van der Waals surface area contributed by atoms with Crippen LogP contribution in [0, 0.1) is 6.92 Å². The van der Waals surface area contributed by atoms with Crippen LogP contribution in [0.4, 0.5) is 5.69 Å². The van der Waals surface area contributed by atoms with Gasteiger partial charge in [-0.3, -0.25) is 9.89 Å². The van der Waals surface area contributed by atoms with Crippen LogP contribution in [0.15, 0.2) is 24.3 Å². The molecule has 2 heterocycles. The lowest BCUT2D eigenvalue weighted by molar-refractivity contribution is -0.117. The number of morpholine rings is 1. The first kappa shape index (κ1) is 17.4. The summed E-state index contributed by atoms with van der Waals surface area (Å²) >= 11 is 0. The second-order valence-corrected chi connectivity index (χ2v) is 5.30. The third-order valence-electron chi connectivity index (χ3n) is 3.43. The minimum Gasteiger partial charge on any atom is -0.378 e. The van der Waals surface area contributed by atoms with Gasteiger partial charge in [0.15, 0.2) is 5.82 Å². The van der Waals surface area contributed by atoms with Crippen LogP contribution >= 0.6 is 12.4 Å². The minimum absolute atomic E-state index is 0. The number of ether oxygens (including phenoxy) is 1. The molecule has 0 spiro atoms. The molecule has 124 valence electrons. The zero-order valence-electron chi connectivity index (χ0n) is 12.8. The minimum atomic E-state index is -0.0358. The molecule has 1 fully saturated rings. The highest BCUT2D eigenvalue weighted by molar-refractivity contribution is 5.91. The van der Waals surface area contributed by atoms with Crippen LogP contribution in [0.1, 0.15) is 12.2 Å². The van der Waals surface area contributed by atoms with E-state index in [0.29, 0.717) is 25.5 Å². The maximum atomic E-state index is 12.1. The molecule has 1 aromatic heterocycles. The van der Waals surface area contributed by atoms with Gasteiger partial charge in [0.05, 0.1) is 13.2 Å². The summed E-state index contributed by atoms with van der Waals surface area (Å²) in [7, 11) is 0.